The van der Waals surface area contributed by atoms with E-state index in [0.29, 0.717) is 12.3 Å². The number of carboxylic acid groups (broad SMARTS) is 1. The molecule has 1 atom stereocenters. The largest absolute Gasteiger partial charge is 0.480 e. The maximum absolute atomic E-state index is 11.0. The van der Waals surface area contributed by atoms with Crippen LogP contribution in [0.2, 0.25) is 0 Å². The van der Waals surface area contributed by atoms with Gasteiger partial charge < -0.3 is 5.11 Å². The molecule has 0 spiro atoms. The molecule has 0 aliphatic carbocycles. The molecule has 0 aromatic rings. The highest BCUT2D eigenvalue weighted by Crippen LogP contribution is 2.35. The van der Waals surface area contributed by atoms with Crippen molar-refractivity contribution in [1.29, 1.82) is 0 Å². The monoisotopic (exact) mass is 211 g/mol. The fraction of sp³-hybridized carbons (Fsp3) is 0.750. The van der Waals surface area contributed by atoms with Gasteiger partial charge in [0.15, 0.2) is 0 Å². The molecule has 0 saturated carbocycles. The Morgan fingerprint density at radius 3 is 2.47 bits per heavy atom. The zero-order chi connectivity index (χ0) is 11.6. The molecular formula is C12H21NO2. The Kier molecular flexibility index (Phi) is 3.55. The zero-order valence-electron chi connectivity index (χ0n) is 9.86. The van der Waals surface area contributed by atoms with Crippen molar-refractivity contribution in [3.8, 4) is 0 Å². The number of carboxylic acids is 1. The van der Waals surface area contributed by atoms with Crippen molar-refractivity contribution in [3.63, 3.8) is 0 Å². The smallest absolute Gasteiger partial charge is 0.321 e. The molecule has 1 heterocycles. The number of rotatable bonds is 4. The highest BCUT2D eigenvalue weighted by molar-refractivity contribution is 5.73. The Bertz CT molecular complexity index is 249. The quantitative estimate of drug-likeness (QED) is 0.723. The molecule has 1 aliphatic rings. The second-order valence-corrected chi connectivity index (χ2v) is 5.40. The molecule has 1 aliphatic heterocycles. The summed E-state index contributed by atoms with van der Waals surface area (Å²) in [5.41, 5.74) is 0.285. The van der Waals surface area contributed by atoms with E-state index in [1.165, 1.54) is 0 Å². The van der Waals surface area contributed by atoms with Gasteiger partial charge in [-0.3, -0.25) is 9.69 Å². The van der Waals surface area contributed by atoms with Crippen molar-refractivity contribution < 1.29 is 9.90 Å². The van der Waals surface area contributed by atoms with Crippen LogP contribution < -0.4 is 0 Å². The first-order chi connectivity index (χ1) is 6.86. The van der Waals surface area contributed by atoms with Crippen LogP contribution in [0.15, 0.2) is 12.7 Å². The summed E-state index contributed by atoms with van der Waals surface area (Å²) in [5, 5.41) is 9.04. The summed E-state index contributed by atoms with van der Waals surface area (Å²) in [5.74, 6) is -0.119. The fourth-order valence-electron chi connectivity index (χ4n) is 1.88. The van der Waals surface area contributed by atoms with Crippen molar-refractivity contribution >= 4 is 5.97 Å². The lowest BCUT2D eigenvalue weighted by Crippen LogP contribution is -2.58. The van der Waals surface area contributed by atoms with Gasteiger partial charge in [0, 0.05) is 13.1 Å². The Morgan fingerprint density at radius 1 is 1.60 bits per heavy atom. The van der Waals surface area contributed by atoms with Gasteiger partial charge in [0.25, 0.3) is 0 Å². The van der Waals surface area contributed by atoms with Crippen LogP contribution in [0.1, 0.15) is 27.2 Å². The lowest BCUT2D eigenvalue weighted by molar-refractivity contribution is -0.147. The van der Waals surface area contributed by atoms with Crippen LogP contribution in [-0.4, -0.2) is 35.1 Å². The average Bonchev–Trinajstić information content (AvgIpc) is 1.97. The van der Waals surface area contributed by atoms with E-state index in [1.807, 2.05) is 4.90 Å². The average molecular weight is 211 g/mol. The first-order valence-electron chi connectivity index (χ1n) is 5.44. The van der Waals surface area contributed by atoms with Gasteiger partial charge in [0.2, 0.25) is 0 Å². The fourth-order valence-corrected chi connectivity index (χ4v) is 1.88. The Labute approximate surface area is 91.8 Å². The number of nitrogens with zero attached hydrogens (tertiary/aromatic N) is 1. The lowest BCUT2D eigenvalue weighted by atomic mass is 9.75. The summed E-state index contributed by atoms with van der Waals surface area (Å²) < 4.78 is 0. The third-order valence-corrected chi connectivity index (χ3v) is 3.25. The zero-order valence-corrected chi connectivity index (χ0v) is 9.86. The number of hydrogen-bond donors (Lipinski definition) is 1. The molecule has 1 N–H and O–H groups in total. The minimum atomic E-state index is -0.734. The van der Waals surface area contributed by atoms with Crippen molar-refractivity contribution in [3.05, 3.63) is 12.7 Å². The van der Waals surface area contributed by atoms with E-state index in [4.69, 9.17) is 5.11 Å². The van der Waals surface area contributed by atoms with E-state index >= 15 is 0 Å². The second kappa shape index (κ2) is 4.35. The predicted octanol–water partition coefficient (Wildman–Crippen LogP) is 1.99. The summed E-state index contributed by atoms with van der Waals surface area (Å²) in [6.45, 7) is 12.0. The molecule has 1 unspecified atom stereocenters. The summed E-state index contributed by atoms with van der Waals surface area (Å²) in [7, 11) is 0. The maximum Gasteiger partial charge on any atom is 0.321 e. The highest BCUT2D eigenvalue weighted by atomic mass is 16.4. The van der Waals surface area contributed by atoms with E-state index in [1.54, 1.807) is 6.08 Å². The molecule has 1 saturated heterocycles. The van der Waals surface area contributed by atoms with E-state index < -0.39 is 5.97 Å². The Balaban J connectivity index is 2.48. The van der Waals surface area contributed by atoms with Gasteiger partial charge >= 0.3 is 5.97 Å². The second-order valence-electron chi connectivity index (χ2n) is 5.40. The van der Waals surface area contributed by atoms with Crippen molar-refractivity contribution in [2.24, 2.45) is 11.3 Å². The van der Waals surface area contributed by atoms with Gasteiger partial charge in [0.05, 0.1) is 0 Å². The summed E-state index contributed by atoms with van der Waals surface area (Å²) in [6.07, 6.45) is 2.22. The minimum absolute atomic E-state index is 0.285. The molecule has 0 amide bonds. The van der Waals surface area contributed by atoms with Gasteiger partial charge in [-0.25, -0.2) is 0 Å². The molecule has 0 aromatic carbocycles. The van der Waals surface area contributed by atoms with Gasteiger partial charge in [-0.15, -0.1) is 6.58 Å². The van der Waals surface area contributed by atoms with E-state index in [9.17, 15) is 4.79 Å². The molecule has 3 heteroatoms. The molecule has 0 radical (unpaired) electrons. The summed E-state index contributed by atoms with van der Waals surface area (Å²) in [6, 6.07) is -0.374. The topological polar surface area (TPSA) is 40.5 Å². The van der Waals surface area contributed by atoms with Crippen LogP contribution in [0.5, 0.6) is 0 Å². The van der Waals surface area contributed by atoms with E-state index in [-0.39, 0.29) is 11.5 Å². The third kappa shape index (κ3) is 2.81. The number of likely N-dealkylation sites (tertiary alicyclic amines) is 1. The molecule has 3 nitrogen and oxygen atoms in total. The van der Waals surface area contributed by atoms with Crippen LogP contribution in [0.4, 0.5) is 0 Å². The van der Waals surface area contributed by atoms with Gasteiger partial charge in [-0.2, -0.15) is 0 Å². The number of aliphatic carboxylic acids is 1. The SMILES string of the molecule is C=CCC(C(=O)O)N1CC(C(C)(C)C)C1. The lowest BCUT2D eigenvalue weighted by Gasteiger charge is -2.48. The molecule has 1 fully saturated rings. The molecule has 15 heavy (non-hydrogen) atoms. The number of hydrogen-bond acceptors (Lipinski definition) is 2. The highest BCUT2D eigenvalue weighted by Gasteiger charge is 2.40. The van der Waals surface area contributed by atoms with Gasteiger partial charge in [0.1, 0.15) is 6.04 Å². The molecule has 86 valence electrons. The number of carbonyl (C=O) groups is 1. The first-order valence-corrected chi connectivity index (χ1v) is 5.44. The summed E-state index contributed by atoms with van der Waals surface area (Å²) in [4.78, 5) is 13.0. The van der Waals surface area contributed by atoms with Crippen LogP contribution in [0, 0.1) is 11.3 Å². The third-order valence-electron chi connectivity index (χ3n) is 3.25. The normalized spacial score (nSPS) is 20.7. The Hall–Kier alpha value is -0.830. The van der Waals surface area contributed by atoms with Crippen LogP contribution in [0.25, 0.3) is 0 Å². The Morgan fingerprint density at radius 2 is 2.13 bits per heavy atom. The van der Waals surface area contributed by atoms with E-state index in [2.05, 4.69) is 27.4 Å². The van der Waals surface area contributed by atoms with Crippen molar-refractivity contribution in [2.45, 2.75) is 33.2 Å². The summed E-state index contributed by atoms with van der Waals surface area (Å²) >= 11 is 0. The van der Waals surface area contributed by atoms with Crippen molar-refractivity contribution in [2.75, 3.05) is 13.1 Å². The van der Waals surface area contributed by atoms with E-state index in [0.717, 1.165) is 13.1 Å². The molecular weight excluding hydrogens is 190 g/mol. The van der Waals surface area contributed by atoms with Gasteiger partial charge in [-0.1, -0.05) is 26.8 Å². The van der Waals surface area contributed by atoms with Crippen LogP contribution >= 0.6 is 0 Å². The van der Waals surface area contributed by atoms with Crippen LogP contribution in [0.3, 0.4) is 0 Å². The predicted molar refractivity (Wildman–Crippen MR) is 60.8 cm³/mol. The molecule has 1 rings (SSSR count). The minimum Gasteiger partial charge on any atom is -0.480 e. The van der Waals surface area contributed by atoms with Crippen molar-refractivity contribution in [1.82, 2.24) is 4.90 Å². The standard InChI is InChI=1S/C12H21NO2/c1-5-6-10(11(14)15)13-7-9(8-13)12(2,3)4/h5,9-10H,1,6-8H2,2-4H3,(H,14,15). The first kappa shape index (κ1) is 12.2. The molecule has 0 aromatic heterocycles. The van der Waals surface area contributed by atoms with Crippen LogP contribution in [-0.2, 0) is 4.79 Å². The van der Waals surface area contributed by atoms with Gasteiger partial charge in [-0.05, 0) is 17.8 Å². The molecule has 0 bridgehead atoms. The maximum atomic E-state index is 11.0.